The average Bonchev–Trinajstić information content (AvgIpc) is 2.92. The van der Waals surface area contributed by atoms with Crippen molar-refractivity contribution in [2.45, 2.75) is 31.3 Å². The van der Waals surface area contributed by atoms with Gasteiger partial charge in [0.15, 0.2) is 0 Å². The minimum Gasteiger partial charge on any atom is -0.357 e. The maximum absolute atomic E-state index is 3.61. The van der Waals surface area contributed by atoms with Crippen LogP contribution in [0.15, 0.2) is 30.3 Å². The van der Waals surface area contributed by atoms with Crippen LogP contribution in [0.25, 0.3) is 10.9 Å². The Labute approximate surface area is 145 Å². The van der Waals surface area contributed by atoms with Crippen LogP contribution in [0.1, 0.15) is 25.0 Å². The Balaban J connectivity index is 1.52. The average molecular weight is 326 g/mol. The van der Waals surface area contributed by atoms with Gasteiger partial charge in [-0.1, -0.05) is 18.2 Å². The maximum Gasteiger partial charge on any atom is 0.0456 e. The Morgan fingerprint density at radius 2 is 1.83 bits per heavy atom. The summed E-state index contributed by atoms with van der Waals surface area (Å²) in [4.78, 5) is 11.4. The fourth-order valence-corrected chi connectivity index (χ4v) is 4.55. The molecule has 2 aromatic rings. The van der Waals surface area contributed by atoms with Crippen molar-refractivity contribution in [3.63, 3.8) is 0 Å². The van der Waals surface area contributed by atoms with E-state index in [1.807, 2.05) is 0 Å². The molecule has 2 saturated heterocycles. The van der Waals surface area contributed by atoms with Crippen molar-refractivity contribution in [3.8, 4) is 0 Å². The molecule has 4 heteroatoms. The Bertz CT molecular complexity index is 651. The monoisotopic (exact) mass is 326 g/mol. The molecule has 4 nitrogen and oxygen atoms in total. The smallest absolute Gasteiger partial charge is 0.0456 e. The van der Waals surface area contributed by atoms with E-state index in [-0.39, 0.29) is 0 Å². The Morgan fingerprint density at radius 1 is 1.04 bits per heavy atom. The number of rotatable bonds is 2. The summed E-state index contributed by atoms with van der Waals surface area (Å²) in [6.07, 6.45) is 3.86. The van der Waals surface area contributed by atoms with Gasteiger partial charge in [0.2, 0.25) is 0 Å². The van der Waals surface area contributed by atoms with Crippen molar-refractivity contribution in [2.75, 3.05) is 46.8 Å². The van der Waals surface area contributed by atoms with Gasteiger partial charge in [0, 0.05) is 29.8 Å². The van der Waals surface area contributed by atoms with E-state index in [2.05, 4.69) is 64.1 Å². The highest BCUT2D eigenvalue weighted by Crippen LogP contribution is 2.31. The predicted molar refractivity (Wildman–Crippen MR) is 100 cm³/mol. The van der Waals surface area contributed by atoms with Crippen molar-refractivity contribution in [1.29, 1.82) is 0 Å². The molecule has 130 valence electrons. The van der Waals surface area contributed by atoms with E-state index >= 15 is 0 Å². The molecule has 0 aliphatic carbocycles. The number of nitrogens with zero attached hydrogens (tertiary/aromatic N) is 3. The molecule has 24 heavy (non-hydrogen) atoms. The maximum atomic E-state index is 3.61. The van der Waals surface area contributed by atoms with Crippen LogP contribution < -0.4 is 0 Å². The number of likely N-dealkylation sites (N-methyl/N-ethyl adjacent to an activating group) is 1. The highest BCUT2D eigenvalue weighted by molar-refractivity contribution is 5.80. The zero-order valence-electron chi connectivity index (χ0n) is 15.1. The predicted octanol–water partition coefficient (Wildman–Crippen LogP) is 2.77. The molecule has 0 saturated carbocycles. The van der Waals surface area contributed by atoms with Gasteiger partial charge in [-0.05, 0) is 77.1 Å². The number of hydrogen-bond donors (Lipinski definition) is 1. The third-order valence-corrected chi connectivity index (χ3v) is 6.19. The number of hydrogen-bond acceptors (Lipinski definition) is 3. The Morgan fingerprint density at radius 3 is 2.62 bits per heavy atom. The molecule has 0 bridgehead atoms. The van der Waals surface area contributed by atoms with E-state index in [1.165, 1.54) is 68.6 Å². The first-order valence-corrected chi connectivity index (χ1v) is 9.33. The first kappa shape index (κ1) is 16.1. The normalized spacial score (nSPS) is 23.8. The first-order valence-electron chi connectivity index (χ1n) is 9.33. The van der Waals surface area contributed by atoms with E-state index in [1.54, 1.807) is 0 Å². The van der Waals surface area contributed by atoms with Crippen molar-refractivity contribution in [3.05, 3.63) is 36.0 Å². The number of piperidine rings is 1. The summed E-state index contributed by atoms with van der Waals surface area (Å²) in [6, 6.07) is 10.9. The molecule has 2 fully saturated rings. The van der Waals surface area contributed by atoms with Crippen LogP contribution in [-0.2, 0) is 6.54 Å². The van der Waals surface area contributed by atoms with Crippen LogP contribution in [0.5, 0.6) is 0 Å². The third kappa shape index (κ3) is 3.10. The van der Waals surface area contributed by atoms with Crippen LogP contribution in [0, 0.1) is 0 Å². The van der Waals surface area contributed by atoms with Gasteiger partial charge < -0.3 is 9.88 Å². The largest absolute Gasteiger partial charge is 0.357 e. The van der Waals surface area contributed by atoms with E-state index in [4.69, 9.17) is 0 Å². The summed E-state index contributed by atoms with van der Waals surface area (Å²) >= 11 is 0. The number of fused-ring (bicyclic) bond motifs is 1. The minimum atomic E-state index is 0.370. The molecule has 4 rings (SSSR count). The van der Waals surface area contributed by atoms with Gasteiger partial charge in [0.1, 0.15) is 0 Å². The summed E-state index contributed by atoms with van der Waals surface area (Å²) in [5.41, 5.74) is 2.98. The molecular weight excluding hydrogens is 296 g/mol. The number of aromatic nitrogens is 1. The minimum absolute atomic E-state index is 0.370. The number of H-pyrrole nitrogens is 1. The second-order valence-corrected chi connectivity index (χ2v) is 7.90. The highest BCUT2D eigenvalue weighted by atomic mass is 15.3. The molecule has 0 atom stereocenters. The van der Waals surface area contributed by atoms with E-state index < -0.39 is 0 Å². The summed E-state index contributed by atoms with van der Waals surface area (Å²) in [5.74, 6) is 0. The van der Waals surface area contributed by atoms with Gasteiger partial charge in [-0.25, -0.2) is 0 Å². The van der Waals surface area contributed by atoms with Crippen LogP contribution in [-0.4, -0.2) is 72.0 Å². The van der Waals surface area contributed by atoms with Gasteiger partial charge in [0.05, 0.1) is 0 Å². The number of benzene rings is 1. The zero-order chi connectivity index (χ0) is 16.6. The molecule has 0 amide bonds. The summed E-state index contributed by atoms with van der Waals surface area (Å²) in [5, 5.41) is 1.33. The van der Waals surface area contributed by atoms with Gasteiger partial charge in [-0.15, -0.1) is 0 Å². The molecule has 3 heterocycles. The number of nitrogens with one attached hydrogen (secondary N) is 1. The SMILES string of the molecule is CN1CCC2(CC1)CN(Cc1cc3ccccc3[nH]1)CCCN2C. The molecular formula is C20H30N4. The molecule has 1 N–H and O–H groups in total. The highest BCUT2D eigenvalue weighted by Gasteiger charge is 2.40. The summed E-state index contributed by atoms with van der Waals surface area (Å²) in [7, 11) is 4.60. The molecule has 0 radical (unpaired) electrons. The van der Waals surface area contributed by atoms with Crippen molar-refractivity contribution in [2.24, 2.45) is 0 Å². The summed E-state index contributed by atoms with van der Waals surface area (Å²) in [6.45, 7) is 7.13. The Hall–Kier alpha value is -1.36. The van der Waals surface area contributed by atoms with E-state index in [0.29, 0.717) is 5.54 Å². The fraction of sp³-hybridized carbons (Fsp3) is 0.600. The molecule has 2 aliphatic rings. The number of likely N-dealkylation sites (tertiary alicyclic amines) is 1. The van der Waals surface area contributed by atoms with Gasteiger partial charge in [-0.3, -0.25) is 9.80 Å². The van der Waals surface area contributed by atoms with Crippen LogP contribution in [0.4, 0.5) is 0 Å². The molecule has 2 aliphatic heterocycles. The summed E-state index contributed by atoms with van der Waals surface area (Å²) < 4.78 is 0. The van der Waals surface area contributed by atoms with Crippen molar-refractivity contribution in [1.82, 2.24) is 19.7 Å². The quantitative estimate of drug-likeness (QED) is 0.919. The fourth-order valence-electron chi connectivity index (χ4n) is 4.55. The first-order chi connectivity index (χ1) is 11.6. The number of aromatic amines is 1. The van der Waals surface area contributed by atoms with Crippen LogP contribution in [0.2, 0.25) is 0 Å². The van der Waals surface area contributed by atoms with Crippen molar-refractivity contribution < 1.29 is 0 Å². The number of para-hydroxylation sites is 1. The van der Waals surface area contributed by atoms with Gasteiger partial charge in [-0.2, -0.15) is 0 Å². The lowest BCUT2D eigenvalue weighted by Gasteiger charge is -2.47. The Kier molecular flexibility index (Phi) is 4.37. The van der Waals surface area contributed by atoms with Crippen LogP contribution >= 0.6 is 0 Å². The van der Waals surface area contributed by atoms with Crippen LogP contribution in [0.3, 0.4) is 0 Å². The standard InChI is InChI=1S/C20H30N4/c1-22-12-8-20(9-13-22)16-24(11-5-10-23(20)2)15-18-14-17-6-3-4-7-19(17)21-18/h3-4,6-7,14,21H,5,8-13,15-16H2,1-2H3. The molecule has 1 aromatic carbocycles. The van der Waals surface area contributed by atoms with Gasteiger partial charge in [0.25, 0.3) is 0 Å². The second kappa shape index (κ2) is 6.51. The second-order valence-electron chi connectivity index (χ2n) is 7.90. The van der Waals surface area contributed by atoms with E-state index in [0.717, 1.165) is 6.54 Å². The lowest BCUT2D eigenvalue weighted by molar-refractivity contribution is 0.0335. The van der Waals surface area contributed by atoms with E-state index in [9.17, 15) is 0 Å². The molecule has 1 spiro atoms. The van der Waals surface area contributed by atoms with Crippen molar-refractivity contribution >= 4 is 10.9 Å². The van der Waals surface area contributed by atoms with Gasteiger partial charge >= 0.3 is 0 Å². The lowest BCUT2D eigenvalue weighted by Crippen LogP contribution is -2.57. The lowest BCUT2D eigenvalue weighted by atomic mass is 9.85. The topological polar surface area (TPSA) is 25.5 Å². The zero-order valence-corrected chi connectivity index (χ0v) is 15.1. The third-order valence-electron chi connectivity index (χ3n) is 6.19. The molecule has 0 unspecified atom stereocenters. The molecule has 1 aromatic heterocycles.